The summed E-state index contributed by atoms with van der Waals surface area (Å²) in [5, 5.41) is 4.52. The normalized spacial score (nSPS) is 18.5. The molecule has 0 N–H and O–H groups in total. The van der Waals surface area contributed by atoms with Crippen molar-refractivity contribution in [1.29, 1.82) is 0 Å². The molecule has 1 aromatic heterocycles. The largest absolute Gasteiger partial charge is 0.348 e. The third kappa shape index (κ3) is 3.12. The van der Waals surface area contributed by atoms with Gasteiger partial charge in [-0.1, -0.05) is 38.0 Å². The van der Waals surface area contributed by atoms with Gasteiger partial charge in [-0.25, -0.2) is 0 Å². The Hall–Kier alpha value is -2.03. The molecule has 0 radical (unpaired) electrons. The molecule has 0 bridgehead atoms. The molecular weight excluding hydrogens is 294 g/mol. The molecule has 2 aliphatic rings. The van der Waals surface area contributed by atoms with E-state index in [9.17, 15) is 0 Å². The monoisotopic (exact) mass is 321 g/mol. The molecule has 0 atom stereocenters. The summed E-state index contributed by atoms with van der Waals surface area (Å²) >= 11 is 0. The number of benzene rings is 1. The van der Waals surface area contributed by atoms with E-state index < -0.39 is 0 Å². The average molecular weight is 321 g/mol. The minimum Gasteiger partial charge on any atom is -0.348 e. The highest BCUT2D eigenvalue weighted by Crippen LogP contribution is 2.36. The first-order valence-electron chi connectivity index (χ1n) is 9.29. The van der Waals surface area contributed by atoms with Crippen LogP contribution in [0.5, 0.6) is 0 Å². The van der Waals surface area contributed by atoms with Gasteiger partial charge in [0.2, 0.25) is 0 Å². The first-order chi connectivity index (χ1) is 11.7. The van der Waals surface area contributed by atoms with Crippen molar-refractivity contribution in [3.63, 3.8) is 0 Å². The Morgan fingerprint density at radius 2 is 1.92 bits per heavy atom. The Labute approximate surface area is 145 Å². The molecule has 0 aliphatic heterocycles. The lowest BCUT2D eigenvalue weighted by Crippen LogP contribution is -2.23. The Morgan fingerprint density at radius 3 is 2.67 bits per heavy atom. The van der Waals surface area contributed by atoms with E-state index in [2.05, 4.69) is 58.8 Å². The number of aromatic nitrogens is 2. The lowest BCUT2D eigenvalue weighted by molar-refractivity contribution is 0.398. The van der Waals surface area contributed by atoms with Crippen LogP contribution in [-0.4, -0.2) is 16.8 Å². The third-order valence-electron chi connectivity index (χ3n) is 5.60. The summed E-state index contributed by atoms with van der Waals surface area (Å²) in [6.45, 7) is 4.40. The molecule has 0 spiro atoms. The van der Waals surface area contributed by atoms with Crippen molar-refractivity contribution in [3.05, 3.63) is 48.9 Å². The third-order valence-corrected chi connectivity index (χ3v) is 5.60. The summed E-state index contributed by atoms with van der Waals surface area (Å²) in [6.07, 6.45) is 13.4. The van der Waals surface area contributed by atoms with Gasteiger partial charge in [0.25, 0.3) is 0 Å². The topological polar surface area (TPSA) is 21.1 Å². The SMILES string of the molecule is C=C(C1CCCCC1)N(C)c1cccc(-c2cnn(C3CC3)c2)c1. The van der Waals surface area contributed by atoms with Crippen LogP contribution < -0.4 is 4.90 Å². The van der Waals surface area contributed by atoms with Gasteiger partial charge in [0, 0.05) is 30.2 Å². The molecule has 2 aromatic rings. The van der Waals surface area contributed by atoms with E-state index in [1.165, 1.54) is 67.5 Å². The van der Waals surface area contributed by atoms with Crippen LogP contribution in [0, 0.1) is 5.92 Å². The van der Waals surface area contributed by atoms with Gasteiger partial charge in [-0.2, -0.15) is 5.10 Å². The maximum Gasteiger partial charge on any atom is 0.0568 e. The van der Waals surface area contributed by atoms with Gasteiger partial charge in [0.1, 0.15) is 0 Å². The molecule has 1 heterocycles. The first kappa shape index (κ1) is 15.5. The minimum absolute atomic E-state index is 0.635. The van der Waals surface area contributed by atoms with Crippen molar-refractivity contribution in [2.75, 3.05) is 11.9 Å². The highest BCUT2D eigenvalue weighted by Gasteiger charge is 2.24. The van der Waals surface area contributed by atoms with Crippen LogP contribution in [-0.2, 0) is 0 Å². The average Bonchev–Trinajstić information content (AvgIpc) is 3.38. The molecular formula is C21H27N3. The lowest BCUT2D eigenvalue weighted by Gasteiger charge is -2.31. The van der Waals surface area contributed by atoms with Crippen LogP contribution in [0.1, 0.15) is 51.0 Å². The fraction of sp³-hybridized carbons (Fsp3) is 0.476. The predicted octanol–water partition coefficient (Wildman–Crippen LogP) is 5.42. The second-order valence-corrected chi connectivity index (χ2v) is 7.38. The van der Waals surface area contributed by atoms with Gasteiger partial charge in [-0.05, 0) is 49.3 Å². The zero-order valence-corrected chi connectivity index (χ0v) is 14.6. The van der Waals surface area contributed by atoms with Crippen LogP contribution in [0.4, 0.5) is 5.69 Å². The maximum absolute atomic E-state index is 4.52. The second kappa shape index (κ2) is 6.46. The Bertz CT molecular complexity index is 720. The molecule has 2 fully saturated rings. The summed E-state index contributed by atoms with van der Waals surface area (Å²) in [5.74, 6) is 0.644. The number of rotatable bonds is 5. The van der Waals surface area contributed by atoms with E-state index in [0.717, 1.165) is 0 Å². The summed E-state index contributed by atoms with van der Waals surface area (Å²) in [7, 11) is 2.16. The molecule has 24 heavy (non-hydrogen) atoms. The van der Waals surface area contributed by atoms with Gasteiger partial charge in [0.15, 0.2) is 0 Å². The molecule has 2 saturated carbocycles. The van der Waals surface area contributed by atoms with Crippen molar-refractivity contribution < 1.29 is 0 Å². The molecule has 3 heteroatoms. The molecule has 1 aromatic carbocycles. The molecule has 4 rings (SSSR count). The quantitative estimate of drug-likeness (QED) is 0.733. The Kier molecular flexibility index (Phi) is 4.17. The summed E-state index contributed by atoms with van der Waals surface area (Å²) in [6, 6.07) is 9.40. The second-order valence-electron chi connectivity index (χ2n) is 7.38. The number of hydrogen-bond acceptors (Lipinski definition) is 2. The van der Waals surface area contributed by atoms with Crippen LogP contribution in [0.25, 0.3) is 11.1 Å². The fourth-order valence-electron chi connectivity index (χ4n) is 3.80. The van der Waals surface area contributed by atoms with Crippen molar-refractivity contribution in [3.8, 4) is 11.1 Å². The van der Waals surface area contributed by atoms with Gasteiger partial charge >= 0.3 is 0 Å². The van der Waals surface area contributed by atoms with Crippen LogP contribution >= 0.6 is 0 Å². The standard InChI is InChI=1S/C21H27N3/c1-16(17-7-4-3-5-8-17)23(2)21-10-6-9-18(13-21)19-14-22-24(15-19)20-11-12-20/h6,9-10,13-15,17,20H,1,3-5,7-8,11-12H2,2H3. The summed E-state index contributed by atoms with van der Waals surface area (Å²) < 4.78 is 2.12. The minimum atomic E-state index is 0.635. The maximum atomic E-state index is 4.52. The van der Waals surface area contributed by atoms with Gasteiger partial charge in [-0.3, -0.25) is 4.68 Å². The summed E-state index contributed by atoms with van der Waals surface area (Å²) in [5.41, 5.74) is 4.94. The van der Waals surface area contributed by atoms with E-state index in [0.29, 0.717) is 12.0 Å². The molecule has 2 aliphatic carbocycles. The molecule has 0 amide bonds. The van der Waals surface area contributed by atoms with Gasteiger partial charge in [0.05, 0.1) is 12.2 Å². The van der Waals surface area contributed by atoms with Crippen molar-refractivity contribution >= 4 is 5.69 Å². The van der Waals surface area contributed by atoms with Crippen LogP contribution in [0.3, 0.4) is 0 Å². The van der Waals surface area contributed by atoms with Crippen LogP contribution in [0.15, 0.2) is 48.9 Å². The van der Waals surface area contributed by atoms with Gasteiger partial charge in [-0.15, -0.1) is 0 Å². The number of nitrogens with zero attached hydrogens (tertiary/aromatic N) is 3. The molecule has 3 nitrogen and oxygen atoms in total. The van der Waals surface area contributed by atoms with Gasteiger partial charge < -0.3 is 4.90 Å². The van der Waals surface area contributed by atoms with E-state index in [1.807, 2.05) is 6.20 Å². The Morgan fingerprint density at radius 1 is 1.12 bits per heavy atom. The predicted molar refractivity (Wildman–Crippen MR) is 100 cm³/mol. The van der Waals surface area contributed by atoms with E-state index in [-0.39, 0.29) is 0 Å². The van der Waals surface area contributed by atoms with E-state index in [1.54, 1.807) is 0 Å². The number of hydrogen-bond donors (Lipinski definition) is 0. The highest BCUT2D eigenvalue weighted by atomic mass is 15.3. The van der Waals surface area contributed by atoms with E-state index >= 15 is 0 Å². The lowest BCUT2D eigenvalue weighted by atomic mass is 9.87. The van der Waals surface area contributed by atoms with Crippen molar-refractivity contribution in [2.24, 2.45) is 5.92 Å². The molecule has 126 valence electrons. The Balaban J connectivity index is 1.53. The number of anilines is 1. The zero-order valence-electron chi connectivity index (χ0n) is 14.6. The van der Waals surface area contributed by atoms with Crippen molar-refractivity contribution in [2.45, 2.75) is 51.0 Å². The van der Waals surface area contributed by atoms with Crippen LogP contribution in [0.2, 0.25) is 0 Å². The summed E-state index contributed by atoms with van der Waals surface area (Å²) in [4.78, 5) is 2.28. The molecule has 0 saturated heterocycles. The smallest absolute Gasteiger partial charge is 0.0568 e. The molecule has 0 unspecified atom stereocenters. The van der Waals surface area contributed by atoms with Crippen molar-refractivity contribution in [1.82, 2.24) is 9.78 Å². The van der Waals surface area contributed by atoms with E-state index in [4.69, 9.17) is 0 Å². The fourth-order valence-corrected chi connectivity index (χ4v) is 3.80. The zero-order chi connectivity index (χ0) is 16.5. The number of allylic oxidation sites excluding steroid dienone is 1. The highest BCUT2D eigenvalue weighted by molar-refractivity contribution is 5.68. The first-order valence-corrected chi connectivity index (χ1v) is 9.29.